The van der Waals surface area contributed by atoms with Crippen LogP contribution in [-0.2, 0) is 14.3 Å². The van der Waals surface area contributed by atoms with Crippen LogP contribution in [0.5, 0.6) is 0 Å². The molecule has 6 nitrogen and oxygen atoms in total. The molecule has 0 saturated carbocycles. The highest BCUT2D eigenvalue weighted by Crippen LogP contribution is 2.17. The first kappa shape index (κ1) is 60.3. The van der Waals surface area contributed by atoms with Crippen molar-refractivity contribution >= 4 is 11.9 Å². The van der Waals surface area contributed by atoms with Crippen LogP contribution in [0.15, 0.2) is 24.3 Å². The molecule has 0 saturated heterocycles. The van der Waals surface area contributed by atoms with Crippen LogP contribution in [-0.4, -0.2) is 47.4 Å². The highest BCUT2D eigenvalue weighted by Gasteiger charge is 2.20. The molecule has 0 rings (SSSR count). The van der Waals surface area contributed by atoms with Crippen molar-refractivity contribution in [3.05, 3.63) is 24.3 Å². The van der Waals surface area contributed by atoms with Crippen LogP contribution in [0.2, 0.25) is 0 Å². The fraction of sp³-hybridized carbons (Fsp3) is 0.893. The molecule has 0 aliphatic carbocycles. The summed E-state index contributed by atoms with van der Waals surface area (Å²) in [5, 5.41) is 23.2. The third-order valence-corrected chi connectivity index (χ3v) is 12.8. The van der Waals surface area contributed by atoms with E-state index >= 15 is 0 Å². The Bertz CT molecular complexity index is 966. The molecule has 0 spiro atoms. The first-order chi connectivity index (χ1) is 30.5. The van der Waals surface area contributed by atoms with Gasteiger partial charge in [0.05, 0.1) is 25.4 Å². The Morgan fingerprint density at radius 3 is 1.27 bits per heavy atom. The van der Waals surface area contributed by atoms with Gasteiger partial charge in [-0.05, 0) is 51.4 Å². The SMILES string of the molecule is CCCC/C=C\C/C=C\CCCCCCCC(=O)OCCCCCCCCCCCCCCCCCCCC(=O)NC(CO)C(O)CCCCCCCCCCCCCCCC. The minimum absolute atomic E-state index is 0.00917. The predicted molar refractivity (Wildman–Crippen MR) is 269 cm³/mol. The Balaban J connectivity index is 3.42. The third-order valence-electron chi connectivity index (χ3n) is 12.8. The van der Waals surface area contributed by atoms with Crippen molar-refractivity contribution in [2.24, 2.45) is 0 Å². The lowest BCUT2D eigenvalue weighted by Crippen LogP contribution is -2.45. The summed E-state index contributed by atoms with van der Waals surface area (Å²) < 4.78 is 5.46. The minimum atomic E-state index is -0.667. The summed E-state index contributed by atoms with van der Waals surface area (Å²) >= 11 is 0. The summed E-state index contributed by atoms with van der Waals surface area (Å²) in [6, 6.07) is -0.545. The van der Waals surface area contributed by atoms with Gasteiger partial charge in [-0.15, -0.1) is 0 Å². The molecule has 62 heavy (non-hydrogen) atoms. The lowest BCUT2D eigenvalue weighted by molar-refractivity contribution is -0.143. The number of carbonyl (C=O) groups is 2. The van der Waals surface area contributed by atoms with Gasteiger partial charge in [-0.1, -0.05) is 256 Å². The van der Waals surface area contributed by atoms with Gasteiger partial charge in [0.1, 0.15) is 0 Å². The van der Waals surface area contributed by atoms with Crippen molar-refractivity contribution in [1.29, 1.82) is 0 Å². The zero-order valence-electron chi connectivity index (χ0n) is 41.6. The summed E-state index contributed by atoms with van der Waals surface area (Å²) in [4.78, 5) is 24.5. The number of hydrogen-bond donors (Lipinski definition) is 3. The molecule has 0 aromatic rings. The summed E-state index contributed by atoms with van der Waals surface area (Å²) in [6.45, 7) is 4.90. The Morgan fingerprint density at radius 1 is 0.452 bits per heavy atom. The maximum Gasteiger partial charge on any atom is 0.305 e. The largest absolute Gasteiger partial charge is 0.466 e. The Labute approximate surface area is 386 Å². The zero-order valence-corrected chi connectivity index (χ0v) is 41.6. The van der Waals surface area contributed by atoms with Gasteiger partial charge in [-0.3, -0.25) is 9.59 Å². The van der Waals surface area contributed by atoms with E-state index in [0.29, 0.717) is 25.9 Å². The second-order valence-corrected chi connectivity index (χ2v) is 18.9. The Kier molecular flexibility index (Phi) is 50.6. The number of ether oxygens (including phenoxy) is 1. The quantitative estimate of drug-likeness (QED) is 0.0321. The molecule has 2 unspecified atom stereocenters. The number of rotatable bonds is 51. The summed E-state index contributed by atoms with van der Waals surface area (Å²) in [6.07, 6.45) is 61.5. The molecule has 0 aromatic heterocycles. The van der Waals surface area contributed by atoms with E-state index in [0.717, 1.165) is 51.4 Å². The average molecular weight is 874 g/mol. The first-order valence-electron chi connectivity index (χ1n) is 27.6. The molecule has 2 atom stereocenters. The number of allylic oxidation sites excluding steroid dienone is 4. The number of esters is 1. The molecule has 0 heterocycles. The smallest absolute Gasteiger partial charge is 0.305 e. The van der Waals surface area contributed by atoms with Gasteiger partial charge in [0.15, 0.2) is 0 Å². The van der Waals surface area contributed by atoms with Gasteiger partial charge in [0, 0.05) is 12.8 Å². The van der Waals surface area contributed by atoms with Crippen molar-refractivity contribution in [3.8, 4) is 0 Å². The van der Waals surface area contributed by atoms with E-state index < -0.39 is 12.1 Å². The second-order valence-electron chi connectivity index (χ2n) is 18.9. The fourth-order valence-electron chi connectivity index (χ4n) is 8.48. The number of amides is 1. The van der Waals surface area contributed by atoms with E-state index in [1.165, 1.54) is 212 Å². The van der Waals surface area contributed by atoms with E-state index in [9.17, 15) is 19.8 Å². The third kappa shape index (κ3) is 47.8. The second kappa shape index (κ2) is 52.0. The van der Waals surface area contributed by atoms with Crippen molar-refractivity contribution < 1.29 is 24.5 Å². The zero-order chi connectivity index (χ0) is 45.1. The first-order valence-corrected chi connectivity index (χ1v) is 27.6. The van der Waals surface area contributed by atoms with Crippen LogP contribution in [0.3, 0.4) is 0 Å². The average Bonchev–Trinajstić information content (AvgIpc) is 3.27. The molecule has 0 bridgehead atoms. The number of nitrogens with one attached hydrogen (secondary N) is 1. The summed E-state index contributed by atoms with van der Waals surface area (Å²) in [7, 11) is 0. The molecule has 3 N–H and O–H groups in total. The molecule has 0 aliphatic rings. The maximum atomic E-state index is 12.5. The van der Waals surface area contributed by atoms with Crippen LogP contribution in [0, 0.1) is 0 Å². The lowest BCUT2D eigenvalue weighted by Gasteiger charge is -2.22. The topological polar surface area (TPSA) is 95.9 Å². The molecule has 1 amide bonds. The van der Waals surface area contributed by atoms with Crippen LogP contribution >= 0.6 is 0 Å². The van der Waals surface area contributed by atoms with E-state index in [2.05, 4.69) is 43.5 Å². The van der Waals surface area contributed by atoms with Gasteiger partial charge in [0.2, 0.25) is 5.91 Å². The van der Waals surface area contributed by atoms with Crippen LogP contribution in [0.4, 0.5) is 0 Å². The fourth-order valence-corrected chi connectivity index (χ4v) is 8.48. The van der Waals surface area contributed by atoms with Crippen LogP contribution in [0.25, 0.3) is 0 Å². The number of carbonyl (C=O) groups excluding carboxylic acids is 2. The van der Waals surface area contributed by atoms with Gasteiger partial charge in [0.25, 0.3) is 0 Å². The highest BCUT2D eigenvalue weighted by molar-refractivity contribution is 5.76. The van der Waals surface area contributed by atoms with Crippen molar-refractivity contribution in [2.45, 2.75) is 309 Å². The highest BCUT2D eigenvalue weighted by atomic mass is 16.5. The molecular formula is C56H107NO5. The van der Waals surface area contributed by atoms with Crippen molar-refractivity contribution in [1.82, 2.24) is 5.32 Å². The van der Waals surface area contributed by atoms with Gasteiger partial charge in [-0.25, -0.2) is 0 Å². The predicted octanol–water partition coefficient (Wildman–Crippen LogP) is 16.7. The standard InChI is InChI=1S/C56H107NO5/c1-3-5-7-9-11-13-15-17-24-28-32-36-40-44-48-54(59)53(52-58)57-55(60)49-45-41-37-33-29-25-22-20-19-21-23-27-31-35-39-43-47-51-62-56(61)50-46-42-38-34-30-26-18-16-14-12-10-8-6-4-2/h10,12,16,18,53-54,58-59H,3-9,11,13-15,17,19-52H2,1-2H3,(H,57,60)/b12-10-,18-16-. The molecule has 366 valence electrons. The molecular weight excluding hydrogens is 767 g/mol. The Hall–Kier alpha value is -1.66. The van der Waals surface area contributed by atoms with Gasteiger partial charge >= 0.3 is 5.97 Å². The van der Waals surface area contributed by atoms with Crippen LogP contribution < -0.4 is 5.32 Å². The normalized spacial score (nSPS) is 12.8. The molecule has 0 aliphatic heterocycles. The van der Waals surface area contributed by atoms with E-state index in [4.69, 9.17) is 4.74 Å². The van der Waals surface area contributed by atoms with Crippen molar-refractivity contribution in [3.63, 3.8) is 0 Å². The molecule has 0 aromatic carbocycles. The number of unbranched alkanes of at least 4 members (excludes halogenated alkanes) is 36. The monoisotopic (exact) mass is 874 g/mol. The molecule has 6 heteroatoms. The van der Waals surface area contributed by atoms with Crippen LogP contribution in [0.1, 0.15) is 296 Å². The lowest BCUT2D eigenvalue weighted by atomic mass is 10.0. The number of aliphatic hydroxyl groups is 2. The Morgan fingerprint density at radius 2 is 0.823 bits per heavy atom. The maximum absolute atomic E-state index is 12.5. The van der Waals surface area contributed by atoms with E-state index in [-0.39, 0.29) is 18.5 Å². The summed E-state index contributed by atoms with van der Waals surface area (Å²) in [5.41, 5.74) is 0. The van der Waals surface area contributed by atoms with Gasteiger partial charge < -0.3 is 20.3 Å². The van der Waals surface area contributed by atoms with Crippen molar-refractivity contribution in [2.75, 3.05) is 13.2 Å². The van der Waals surface area contributed by atoms with Gasteiger partial charge in [-0.2, -0.15) is 0 Å². The minimum Gasteiger partial charge on any atom is -0.466 e. The number of aliphatic hydroxyl groups excluding tert-OH is 2. The molecule has 0 fully saturated rings. The molecule has 0 radical (unpaired) electrons. The summed E-state index contributed by atoms with van der Waals surface area (Å²) in [5.74, 6) is -0.0492. The van der Waals surface area contributed by atoms with E-state index in [1.54, 1.807) is 0 Å². The van der Waals surface area contributed by atoms with E-state index in [1.807, 2.05) is 0 Å². The number of hydrogen-bond acceptors (Lipinski definition) is 5.